The molecule has 0 fully saturated rings. The van der Waals surface area contributed by atoms with Crippen molar-refractivity contribution >= 4 is 23.4 Å². The molecule has 26 heavy (non-hydrogen) atoms. The molecule has 2 N–H and O–H groups in total. The quantitative estimate of drug-likeness (QED) is 0.820. The molecular formula is C20H16ClFN2O2. The summed E-state index contributed by atoms with van der Waals surface area (Å²) >= 11 is 6.27. The summed E-state index contributed by atoms with van der Waals surface area (Å²) in [4.78, 5) is 16.9. The average Bonchev–Trinajstić information content (AvgIpc) is 3.02. The molecule has 0 aromatic heterocycles. The van der Waals surface area contributed by atoms with Gasteiger partial charge in [0, 0.05) is 10.6 Å². The lowest BCUT2D eigenvalue weighted by molar-refractivity contribution is -0.136. The molecule has 2 aliphatic rings. The lowest BCUT2D eigenvalue weighted by Crippen LogP contribution is -2.35. The van der Waals surface area contributed by atoms with Crippen LogP contribution in [0.2, 0.25) is 5.02 Å². The van der Waals surface area contributed by atoms with E-state index in [-0.39, 0.29) is 5.82 Å². The molecule has 2 aromatic carbocycles. The molecule has 4 nitrogen and oxygen atoms in total. The summed E-state index contributed by atoms with van der Waals surface area (Å²) in [6, 6.07) is 11.7. The van der Waals surface area contributed by atoms with Gasteiger partial charge < -0.3 is 10.5 Å². The van der Waals surface area contributed by atoms with Gasteiger partial charge in [0.25, 0.3) is 0 Å². The number of aliphatic imine (C=N–C) groups is 1. The fourth-order valence-electron chi connectivity index (χ4n) is 4.00. The number of allylic oxidation sites excluding steroid dienone is 1. The molecule has 1 aliphatic carbocycles. The highest BCUT2D eigenvalue weighted by molar-refractivity contribution is 6.30. The number of ether oxygens (including phenoxy) is 1. The number of methoxy groups -OCH3 is 1. The predicted octanol–water partition coefficient (Wildman–Crippen LogP) is 3.71. The molecule has 4 rings (SSSR count). The molecule has 0 spiro atoms. The Kier molecular flexibility index (Phi) is 3.84. The van der Waals surface area contributed by atoms with Crippen molar-refractivity contribution in [1.82, 2.24) is 0 Å². The second-order valence-electron chi connectivity index (χ2n) is 6.42. The van der Waals surface area contributed by atoms with Crippen LogP contribution in [0.25, 0.3) is 0 Å². The molecule has 0 saturated carbocycles. The van der Waals surface area contributed by atoms with Gasteiger partial charge in [-0.2, -0.15) is 0 Å². The maximum atomic E-state index is 13.5. The Hall–Kier alpha value is -2.66. The Morgan fingerprint density at radius 1 is 1.27 bits per heavy atom. The van der Waals surface area contributed by atoms with E-state index in [2.05, 4.69) is 4.99 Å². The fourth-order valence-corrected chi connectivity index (χ4v) is 4.17. The number of carbonyl (C=O) groups is 1. The minimum Gasteiger partial charge on any atom is -0.466 e. The van der Waals surface area contributed by atoms with Crippen LogP contribution in [0.15, 0.2) is 58.7 Å². The number of carbonyl (C=O) groups excluding carboxylic acids is 1. The predicted molar refractivity (Wildman–Crippen MR) is 97.6 cm³/mol. The van der Waals surface area contributed by atoms with Gasteiger partial charge in [0.15, 0.2) is 0 Å². The van der Waals surface area contributed by atoms with Crippen LogP contribution >= 0.6 is 11.6 Å². The van der Waals surface area contributed by atoms with Crippen molar-refractivity contribution in [2.75, 3.05) is 7.11 Å². The third kappa shape index (κ3) is 2.27. The molecule has 0 saturated heterocycles. The molecule has 1 atom stereocenters. The third-order valence-corrected chi connectivity index (χ3v) is 5.39. The molecule has 1 unspecified atom stereocenters. The molecule has 0 radical (unpaired) electrons. The monoisotopic (exact) mass is 370 g/mol. The van der Waals surface area contributed by atoms with E-state index in [0.29, 0.717) is 35.0 Å². The molecule has 132 valence electrons. The first-order chi connectivity index (χ1) is 12.5. The molecular weight excluding hydrogens is 355 g/mol. The first-order valence-electron chi connectivity index (χ1n) is 8.20. The largest absolute Gasteiger partial charge is 0.466 e. The van der Waals surface area contributed by atoms with E-state index in [1.54, 1.807) is 18.2 Å². The lowest BCUT2D eigenvalue weighted by atomic mass is 9.69. The number of benzene rings is 2. The second-order valence-corrected chi connectivity index (χ2v) is 6.85. The molecule has 1 aliphatic heterocycles. The Morgan fingerprint density at radius 2 is 2.00 bits per heavy atom. The van der Waals surface area contributed by atoms with Crippen LogP contribution in [0, 0.1) is 5.82 Å². The summed E-state index contributed by atoms with van der Waals surface area (Å²) in [5.41, 5.74) is 9.00. The highest BCUT2D eigenvalue weighted by atomic mass is 35.5. The zero-order valence-corrected chi connectivity index (χ0v) is 14.8. The molecule has 0 amide bonds. The lowest BCUT2D eigenvalue weighted by Gasteiger charge is -2.37. The number of halogens is 2. The van der Waals surface area contributed by atoms with E-state index in [9.17, 15) is 9.18 Å². The number of hydrogen-bond donors (Lipinski definition) is 1. The van der Waals surface area contributed by atoms with Crippen LogP contribution in [-0.4, -0.2) is 18.9 Å². The number of esters is 1. The first-order valence-corrected chi connectivity index (χ1v) is 8.57. The zero-order chi connectivity index (χ0) is 18.5. The van der Waals surface area contributed by atoms with E-state index < -0.39 is 11.4 Å². The van der Waals surface area contributed by atoms with Gasteiger partial charge in [-0.3, -0.25) is 0 Å². The van der Waals surface area contributed by atoms with Crippen molar-refractivity contribution in [2.24, 2.45) is 10.7 Å². The second kappa shape index (κ2) is 5.95. The minimum atomic E-state index is -0.708. The first kappa shape index (κ1) is 16.8. The highest BCUT2D eigenvalue weighted by Gasteiger charge is 2.49. The van der Waals surface area contributed by atoms with Crippen molar-refractivity contribution in [2.45, 2.75) is 18.3 Å². The summed E-state index contributed by atoms with van der Waals surface area (Å²) in [6.45, 7) is 0. The number of amidine groups is 1. The maximum absolute atomic E-state index is 13.5. The Labute approximate surface area is 155 Å². The van der Waals surface area contributed by atoms with Crippen LogP contribution < -0.4 is 5.73 Å². The molecule has 6 heteroatoms. The summed E-state index contributed by atoms with van der Waals surface area (Å²) < 4.78 is 18.5. The van der Waals surface area contributed by atoms with Gasteiger partial charge in [0.1, 0.15) is 11.7 Å². The van der Waals surface area contributed by atoms with Crippen LogP contribution in [0.1, 0.15) is 29.5 Å². The molecule has 1 heterocycles. The zero-order valence-electron chi connectivity index (χ0n) is 14.1. The van der Waals surface area contributed by atoms with E-state index in [1.165, 1.54) is 19.2 Å². The van der Waals surface area contributed by atoms with Gasteiger partial charge >= 0.3 is 5.97 Å². The van der Waals surface area contributed by atoms with E-state index in [1.807, 2.05) is 12.1 Å². The van der Waals surface area contributed by atoms with Crippen molar-refractivity contribution in [1.29, 1.82) is 0 Å². The summed E-state index contributed by atoms with van der Waals surface area (Å²) in [5, 5.41) is 0.561. The number of rotatable bonds is 2. The van der Waals surface area contributed by atoms with E-state index >= 15 is 0 Å². The smallest absolute Gasteiger partial charge is 0.335 e. The van der Waals surface area contributed by atoms with E-state index in [0.717, 1.165) is 16.7 Å². The Bertz CT molecular complexity index is 982. The summed E-state index contributed by atoms with van der Waals surface area (Å²) in [7, 11) is 1.34. The number of fused-ring (bicyclic) bond motifs is 3. The van der Waals surface area contributed by atoms with Gasteiger partial charge in [-0.25, -0.2) is 14.2 Å². The van der Waals surface area contributed by atoms with Crippen molar-refractivity contribution in [3.05, 3.63) is 81.3 Å². The fraction of sp³-hybridized carbons (Fsp3) is 0.200. The number of hydrogen-bond acceptors (Lipinski definition) is 4. The number of nitrogens with two attached hydrogens (primary N) is 1. The normalized spacial score (nSPS) is 21.1. The van der Waals surface area contributed by atoms with Gasteiger partial charge in [0.05, 0.1) is 23.8 Å². The molecule has 2 aromatic rings. The van der Waals surface area contributed by atoms with Gasteiger partial charge in [-0.05, 0) is 54.3 Å². The van der Waals surface area contributed by atoms with Gasteiger partial charge in [0.2, 0.25) is 0 Å². The van der Waals surface area contributed by atoms with Gasteiger partial charge in [-0.1, -0.05) is 23.7 Å². The van der Waals surface area contributed by atoms with Crippen molar-refractivity contribution < 1.29 is 13.9 Å². The maximum Gasteiger partial charge on any atom is 0.335 e. The van der Waals surface area contributed by atoms with Crippen LogP contribution in [0.5, 0.6) is 0 Å². The van der Waals surface area contributed by atoms with E-state index in [4.69, 9.17) is 22.1 Å². The Morgan fingerprint density at radius 3 is 2.69 bits per heavy atom. The third-order valence-electron chi connectivity index (χ3n) is 5.16. The Balaban J connectivity index is 2.07. The topological polar surface area (TPSA) is 64.7 Å². The van der Waals surface area contributed by atoms with Gasteiger partial charge in [-0.15, -0.1) is 0 Å². The summed E-state index contributed by atoms with van der Waals surface area (Å²) in [6.07, 6.45) is 1.09. The highest BCUT2D eigenvalue weighted by Crippen LogP contribution is 2.54. The summed E-state index contributed by atoms with van der Waals surface area (Å²) in [5.74, 6) is -0.425. The van der Waals surface area contributed by atoms with Crippen LogP contribution in [0.3, 0.4) is 0 Å². The van der Waals surface area contributed by atoms with Crippen LogP contribution in [-0.2, 0) is 14.9 Å². The molecule has 0 bridgehead atoms. The van der Waals surface area contributed by atoms with Crippen molar-refractivity contribution in [3.8, 4) is 0 Å². The minimum absolute atomic E-state index is 0.327. The van der Waals surface area contributed by atoms with Crippen molar-refractivity contribution in [3.63, 3.8) is 0 Å². The average molecular weight is 371 g/mol. The number of nitrogens with zero attached hydrogens (tertiary/aromatic N) is 1. The van der Waals surface area contributed by atoms with Crippen LogP contribution in [0.4, 0.5) is 4.39 Å². The SMILES string of the molecule is COC(=O)C1=C2N=C(N)c3ccc(Cl)cc3C2(c2ccc(F)cc2)CC1. The standard InChI is InChI=1S/C20H16ClFN2O2/c1-26-19(25)15-8-9-20(11-2-5-13(22)6-3-11)16-10-12(21)4-7-14(16)18(23)24-17(15)20/h2-7,10H,8-9H2,1H3,(H2,23,24).